The number of hydrazine groups is 1. The predicted molar refractivity (Wildman–Crippen MR) is 66.5 cm³/mol. The highest BCUT2D eigenvalue weighted by molar-refractivity contribution is 5.93. The fourth-order valence-electron chi connectivity index (χ4n) is 1.48. The lowest BCUT2D eigenvalue weighted by Crippen LogP contribution is -2.32. The average Bonchev–Trinajstić information content (AvgIpc) is 2.35. The molecule has 0 saturated heterocycles. The number of benzene rings is 1. The number of amides is 1. The number of hydrogen-bond donors (Lipinski definition) is 2. The van der Waals surface area contributed by atoms with E-state index < -0.39 is 0 Å². The number of carbonyl (C=O) groups is 1. The molecule has 5 heteroatoms. The van der Waals surface area contributed by atoms with Crippen LogP contribution < -0.4 is 16.0 Å². The van der Waals surface area contributed by atoms with Gasteiger partial charge in [0, 0.05) is 5.56 Å². The van der Waals surface area contributed by atoms with E-state index in [1.54, 1.807) is 24.3 Å². The second kappa shape index (κ2) is 6.22. The van der Waals surface area contributed by atoms with Gasteiger partial charge < -0.3 is 4.74 Å². The maximum Gasteiger partial charge on any atom is 0.265 e. The van der Waals surface area contributed by atoms with E-state index in [1.165, 1.54) is 0 Å². The number of rotatable bonds is 5. The van der Waals surface area contributed by atoms with Gasteiger partial charge in [-0.25, -0.2) is 5.84 Å². The molecule has 0 aliphatic rings. The topological polar surface area (TPSA) is 67.6 Å². The van der Waals surface area contributed by atoms with Crippen molar-refractivity contribution in [1.29, 1.82) is 0 Å². The van der Waals surface area contributed by atoms with Gasteiger partial charge in [-0.3, -0.25) is 15.1 Å². The Morgan fingerprint density at radius 3 is 2.41 bits per heavy atom. The molecule has 0 aliphatic carbocycles. The predicted octanol–water partition coefficient (Wildman–Crippen LogP) is 0.967. The van der Waals surface area contributed by atoms with Crippen LogP contribution in [0.3, 0.4) is 0 Å². The molecule has 94 valence electrons. The van der Waals surface area contributed by atoms with Crippen molar-refractivity contribution < 1.29 is 9.53 Å². The number of nitrogens with zero attached hydrogens (tertiary/aromatic N) is 1. The largest absolute Gasteiger partial charge is 0.475 e. The molecule has 17 heavy (non-hydrogen) atoms. The number of nitrogens with two attached hydrogens (primary N) is 1. The summed E-state index contributed by atoms with van der Waals surface area (Å²) in [5.74, 6) is 5.47. The minimum Gasteiger partial charge on any atom is -0.475 e. The highest BCUT2D eigenvalue weighted by Crippen LogP contribution is 2.15. The van der Waals surface area contributed by atoms with Crippen molar-refractivity contribution in [3.8, 4) is 5.75 Å². The van der Waals surface area contributed by atoms with E-state index in [1.807, 2.05) is 19.0 Å². The number of nitrogens with one attached hydrogen (secondary N) is 1. The highest BCUT2D eigenvalue weighted by Gasteiger charge is 2.10. The fourth-order valence-corrected chi connectivity index (χ4v) is 1.48. The molecule has 3 N–H and O–H groups in total. The summed E-state index contributed by atoms with van der Waals surface area (Å²) < 4.78 is 5.76. The van der Waals surface area contributed by atoms with Crippen LogP contribution in [-0.2, 0) is 0 Å². The van der Waals surface area contributed by atoms with E-state index in [0.717, 1.165) is 12.2 Å². The summed E-state index contributed by atoms with van der Waals surface area (Å²) in [7, 11) is 3.93. The van der Waals surface area contributed by atoms with Crippen molar-refractivity contribution >= 4 is 5.91 Å². The Morgan fingerprint density at radius 1 is 1.41 bits per heavy atom. The monoisotopic (exact) mass is 237 g/mol. The van der Waals surface area contributed by atoms with Crippen LogP contribution in [0.2, 0.25) is 0 Å². The van der Waals surface area contributed by atoms with E-state index in [-0.39, 0.29) is 12.1 Å². The Bertz CT molecular complexity index is 363. The van der Waals surface area contributed by atoms with Crippen LogP contribution in [0.5, 0.6) is 5.75 Å². The molecule has 0 radical (unpaired) electrons. The maximum absolute atomic E-state index is 11.2. The van der Waals surface area contributed by atoms with Crippen molar-refractivity contribution in [2.24, 2.45) is 5.84 Å². The van der Waals surface area contributed by atoms with Crippen LogP contribution in [0.15, 0.2) is 24.3 Å². The van der Waals surface area contributed by atoms with Gasteiger partial charge >= 0.3 is 0 Å². The molecular weight excluding hydrogens is 218 g/mol. The van der Waals surface area contributed by atoms with Gasteiger partial charge in [0.05, 0.1) is 0 Å². The Kier molecular flexibility index (Phi) is 4.93. The Hall–Kier alpha value is -1.59. The lowest BCUT2D eigenvalue weighted by Gasteiger charge is -2.24. The van der Waals surface area contributed by atoms with Gasteiger partial charge in [0.25, 0.3) is 5.91 Å². The second-order valence-corrected chi connectivity index (χ2v) is 3.94. The third-order valence-corrected chi connectivity index (χ3v) is 2.44. The first-order valence-electron chi connectivity index (χ1n) is 5.52. The van der Waals surface area contributed by atoms with Gasteiger partial charge in [0.1, 0.15) is 5.75 Å². The standard InChI is InChI=1S/C12H19N3O2/c1-4-11(15(2)3)17-10-7-5-9(6-8-10)12(16)14-13/h5-8,11H,4,13H2,1-3H3,(H,14,16). The minimum absolute atomic E-state index is 0.0317. The SMILES string of the molecule is CCC(Oc1ccc(C(=O)NN)cc1)N(C)C. The van der Waals surface area contributed by atoms with Crippen LogP contribution in [0, 0.1) is 0 Å². The molecule has 1 amide bonds. The molecule has 0 bridgehead atoms. The highest BCUT2D eigenvalue weighted by atomic mass is 16.5. The van der Waals surface area contributed by atoms with Gasteiger partial charge in [-0.1, -0.05) is 6.92 Å². The fraction of sp³-hybridized carbons (Fsp3) is 0.417. The summed E-state index contributed by atoms with van der Waals surface area (Å²) in [5.41, 5.74) is 2.59. The van der Waals surface area contributed by atoms with Crippen LogP contribution in [-0.4, -0.2) is 31.1 Å². The number of nitrogen functional groups attached to an aromatic ring is 1. The molecule has 1 aromatic rings. The van der Waals surface area contributed by atoms with Gasteiger partial charge in [-0.2, -0.15) is 0 Å². The summed E-state index contributed by atoms with van der Waals surface area (Å²) in [6, 6.07) is 6.88. The lowest BCUT2D eigenvalue weighted by molar-refractivity contribution is 0.0612. The summed E-state index contributed by atoms with van der Waals surface area (Å²) in [5, 5.41) is 0. The van der Waals surface area contributed by atoms with E-state index in [9.17, 15) is 4.79 Å². The van der Waals surface area contributed by atoms with E-state index in [2.05, 4.69) is 12.3 Å². The molecule has 1 aromatic carbocycles. The van der Waals surface area contributed by atoms with E-state index in [0.29, 0.717) is 5.56 Å². The van der Waals surface area contributed by atoms with E-state index in [4.69, 9.17) is 10.6 Å². The molecule has 0 aromatic heterocycles. The first-order chi connectivity index (χ1) is 8.08. The average molecular weight is 237 g/mol. The van der Waals surface area contributed by atoms with Crippen LogP contribution in [0.25, 0.3) is 0 Å². The number of hydrogen-bond acceptors (Lipinski definition) is 4. The molecule has 0 saturated carbocycles. The first kappa shape index (κ1) is 13.5. The number of carbonyl (C=O) groups excluding carboxylic acids is 1. The van der Waals surface area contributed by atoms with Gasteiger partial charge in [0.2, 0.25) is 0 Å². The quantitative estimate of drug-likeness (QED) is 0.346. The maximum atomic E-state index is 11.2. The Balaban J connectivity index is 2.71. The van der Waals surface area contributed by atoms with Crippen LogP contribution in [0.4, 0.5) is 0 Å². The third-order valence-electron chi connectivity index (χ3n) is 2.44. The Labute approximate surface area is 102 Å². The molecule has 0 heterocycles. The summed E-state index contributed by atoms with van der Waals surface area (Å²) in [6.07, 6.45) is 0.919. The zero-order chi connectivity index (χ0) is 12.8. The van der Waals surface area contributed by atoms with Crippen LogP contribution in [0.1, 0.15) is 23.7 Å². The summed E-state index contributed by atoms with van der Waals surface area (Å²) >= 11 is 0. The van der Waals surface area contributed by atoms with E-state index >= 15 is 0 Å². The second-order valence-electron chi connectivity index (χ2n) is 3.94. The molecular formula is C12H19N3O2. The normalized spacial score (nSPS) is 12.3. The van der Waals surface area contributed by atoms with Crippen molar-refractivity contribution in [3.05, 3.63) is 29.8 Å². The molecule has 0 aliphatic heterocycles. The summed E-state index contributed by atoms with van der Waals surface area (Å²) in [4.78, 5) is 13.2. The number of ether oxygens (including phenoxy) is 1. The van der Waals surface area contributed by atoms with Crippen molar-refractivity contribution in [2.75, 3.05) is 14.1 Å². The first-order valence-corrected chi connectivity index (χ1v) is 5.52. The van der Waals surface area contributed by atoms with Gasteiger partial charge in [0.15, 0.2) is 6.23 Å². The van der Waals surface area contributed by atoms with Crippen molar-refractivity contribution in [3.63, 3.8) is 0 Å². The third kappa shape index (κ3) is 3.72. The zero-order valence-corrected chi connectivity index (χ0v) is 10.4. The molecule has 0 fully saturated rings. The smallest absolute Gasteiger partial charge is 0.265 e. The summed E-state index contributed by atoms with van der Waals surface area (Å²) in [6.45, 7) is 2.06. The molecule has 1 rings (SSSR count). The van der Waals surface area contributed by atoms with Crippen molar-refractivity contribution in [2.45, 2.75) is 19.6 Å². The molecule has 5 nitrogen and oxygen atoms in total. The molecule has 1 unspecified atom stereocenters. The van der Waals surface area contributed by atoms with Crippen molar-refractivity contribution in [1.82, 2.24) is 10.3 Å². The van der Waals surface area contributed by atoms with Gasteiger partial charge in [-0.05, 0) is 44.8 Å². The zero-order valence-electron chi connectivity index (χ0n) is 10.4. The molecule has 0 spiro atoms. The Morgan fingerprint density at radius 2 is 2.00 bits per heavy atom. The molecule has 1 atom stereocenters. The minimum atomic E-state index is -0.309. The lowest BCUT2D eigenvalue weighted by atomic mass is 10.2. The van der Waals surface area contributed by atoms with Gasteiger partial charge in [-0.15, -0.1) is 0 Å². The van der Waals surface area contributed by atoms with Crippen LogP contribution >= 0.6 is 0 Å².